The number of carbonyl (C=O) groups is 1. The molecule has 0 unspecified atom stereocenters. The van der Waals surface area contributed by atoms with Crippen LogP contribution in [0.15, 0.2) is 49.1 Å². The molecule has 0 aromatic carbocycles. The van der Waals surface area contributed by atoms with Gasteiger partial charge in [-0.1, -0.05) is 0 Å². The summed E-state index contributed by atoms with van der Waals surface area (Å²) in [6.45, 7) is 4.04. The number of hydrogen-bond acceptors (Lipinski definition) is 4. The van der Waals surface area contributed by atoms with Gasteiger partial charge in [-0.15, -0.1) is 0 Å². The van der Waals surface area contributed by atoms with Crippen molar-refractivity contribution in [3.8, 4) is 0 Å². The van der Waals surface area contributed by atoms with Gasteiger partial charge in [-0.05, 0) is 74.5 Å². The highest BCUT2D eigenvalue weighted by Crippen LogP contribution is 2.30. The third-order valence-electron chi connectivity index (χ3n) is 5.90. The summed E-state index contributed by atoms with van der Waals surface area (Å²) in [7, 11) is 0. The summed E-state index contributed by atoms with van der Waals surface area (Å²) in [5, 5.41) is 0. The third kappa shape index (κ3) is 3.78. The molecule has 1 amide bonds. The second-order valence-corrected chi connectivity index (χ2v) is 7.35. The monoisotopic (exact) mass is 350 g/mol. The van der Waals surface area contributed by atoms with Crippen LogP contribution in [0.5, 0.6) is 0 Å². The molecule has 0 aliphatic carbocycles. The topological polar surface area (TPSA) is 49.3 Å². The molecule has 0 N–H and O–H groups in total. The molecular weight excluding hydrogens is 324 g/mol. The van der Waals surface area contributed by atoms with Crippen molar-refractivity contribution >= 4 is 5.91 Å². The highest BCUT2D eigenvalue weighted by molar-refractivity contribution is 5.94. The number of amides is 1. The van der Waals surface area contributed by atoms with Crippen molar-refractivity contribution in [2.24, 2.45) is 0 Å². The first-order valence-electron chi connectivity index (χ1n) is 9.64. The number of nitrogens with zero attached hydrogens (tertiary/aromatic N) is 4. The van der Waals surface area contributed by atoms with Crippen LogP contribution in [0.2, 0.25) is 0 Å². The van der Waals surface area contributed by atoms with E-state index < -0.39 is 0 Å². The average molecular weight is 350 g/mol. The fourth-order valence-corrected chi connectivity index (χ4v) is 4.34. The molecule has 0 bridgehead atoms. The smallest absolute Gasteiger partial charge is 0.253 e. The fourth-order valence-electron chi connectivity index (χ4n) is 4.34. The molecule has 5 nitrogen and oxygen atoms in total. The number of aromatic nitrogens is 2. The molecule has 4 heterocycles. The Morgan fingerprint density at radius 3 is 2.00 bits per heavy atom. The highest BCUT2D eigenvalue weighted by atomic mass is 16.2. The van der Waals surface area contributed by atoms with Crippen molar-refractivity contribution in [1.82, 2.24) is 19.8 Å². The maximum absolute atomic E-state index is 12.6. The molecule has 26 heavy (non-hydrogen) atoms. The van der Waals surface area contributed by atoms with Gasteiger partial charge in [0.25, 0.3) is 5.91 Å². The minimum absolute atomic E-state index is 0.141. The van der Waals surface area contributed by atoms with Crippen LogP contribution in [0.1, 0.15) is 47.5 Å². The Balaban J connectivity index is 1.27. The number of rotatable bonds is 3. The minimum atomic E-state index is 0.141. The van der Waals surface area contributed by atoms with E-state index in [2.05, 4.69) is 27.0 Å². The second kappa shape index (κ2) is 7.96. The van der Waals surface area contributed by atoms with Crippen LogP contribution in [0.25, 0.3) is 0 Å². The molecule has 2 aromatic rings. The molecule has 0 radical (unpaired) electrons. The lowest BCUT2D eigenvalue weighted by molar-refractivity contribution is 0.0578. The first kappa shape index (κ1) is 17.2. The van der Waals surface area contributed by atoms with Gasteiger partial charge in [-0.25, -0.2) is 0 Å². The van der Waals surface area contributed by atoms with Crippen molar-refractivity contribution < 1.29 is 4.79 Å². The Morgan fingerprint density at radius 2 is 1.38 bits per heavy atom. The van der Waals surface area contributed by atoms with E-state index in [1.54, 1.807) is 24.5 Å². The Bertz CT molecular complexity index is 705. The quantitative estimate of drug-likeness (QED) is 0.854. The lowest BCUT2D eigenvalue weighted by Gasteiger charge is -2.42. The van der Waals surface area contributed by atoms with Gasteiger partial charge >= 0.3 is 0 Å². The minimum Gasteiger partial charge on any atom is -0.339 e. The first-order chi connectivity index (χ1) is 12.8. The average Bonchev–Trinajstić information content (AvgIpc) is 2.75. The number of carbonyl (C=O) groups excluding carboxylic acids is 1. The van der Waals surface area contributed by atoms with E-state index in [9.17, 15) is 4.79 Å². The predicted molar refractivity (Wildman–Crippen MR) is 101 cm³/mol. The largest absolute Gasteiger partial charge is 0.339 e. The highest BCUT2D eigenvalue weighted by Gasteiger charge is 2.30. The molecule has 2 aromatic heterocycles. The van der Waals surface area contributed by atoms with Crippen molar-refractivity contribution in [3.63, 3.8) is 0 Å². The molecule has 4 rings (SSSR count). The van der Waals surface area contributed by atoms with Crippen LogP contribution in [0, 0.1) is 0 Å². The molecule has 2 saturated heterocycles. The van der Waals surface area contributed by atoms with E-state index in [1.807, 2.05) is 17.3 Å². The summed E-state index contributed by atoms with van der Waals surface area (Å²) < 4.78 is 0. The summed E-state index contributed by atoms with van der Waals surface area (Å²) >= 11 is 0. The Labute approximate surface area is 155 Å². The van der Waals surface area contributed by atoms with E-state index in [-0.39, 0.29) is 5.91 Å². The standard InChI is InChI=1S/C21H26N4O/c26-21(19-3-11-23-12-4-19)25-15-7-20(8-16-25)24-13-5-18(6-14-24)17-1-9-22-10-2-17/h1-4,9-12,18,20H,5-8,13-16H2. The van der Waals surface area contributed by atoms with E-state index in [0.29, 0.717) is 12.0 Å². The van der Waals surface area contributed by atoms with Crippen LogP contribution in [-0.4, -0.2) is 57.9 Å². The van der Waals surface area contributed by atoms with E-state index in [0.717, 1.165) is 44.6 Å². The predicted octanol–water partition coefficient (Wildman–Crippen LogP) is 2.96. The molecule has 5 heteroatoms. The van der Waals surface area contributed by atoms with Crippen molar-refractivity contribution in [2.75, 3.05) is 26.2 Å². The second-order valence-electron chi connectivity index (χ2n) is 7.35. The van der Waals surface area contributed by atoms with E-state index in [1.165, 1.54) is 18.4 Å². The van der Waals surface area contributed by atoms with E-state index in [4.69, 9.17) is 0 Å². The Hall–Kier alpha value is -2.27. The van der Waals surface area contributed by atoms with E-state index >= 15 is 0 Å². The molecule has 0 saturated carbocycles. The molecule has 2 aliphatic heterocycles. The van der Waals surface area contributed by atoms with Crippen LogP contribution in [-0.2, 0) is 0 Å². The summed E-state index contributed by atoms with van der Waals surface area (Å²) in [6, 6.07) is 8.54. The molecular formula is C21H26N4O. The lowest BCUT2D eigenvalue weighted by atomic mass is 9.88. The van der Waals surface area contributed by atoms with Gasteiger partial charge in [-0.2, -0.15) is 0 Å². The van der Waals surface area contributed by atoms with Gasteiger partial charge < -0.3 is 9.80 Å². The third-order valence-corrected chi connectivity index (χ3v) is 5.90. The van der Waals surface area contributed by atoms with Crippen LogP contribution in [0.3, 0.4) is 0 Å². The van der Waals surface area contributed by atoms with Crippen molar-refractivity contribution in [2.45, 2.75) is 37.6 Å². The zero-order valence-corrected chi connectivity index (χ0v) is 15.1. The summed E-state index contributed by atoms with van der Waals surface area (Å²) in [4.78, 5) is 25.3. The number of pyridine rings is 2. The molecule has 2 aliphatic rings. The summed E-state index contributed by atoms with van der Waals surface area (Å²) in [5.74, 6) is 0.810. The maximum atomic E-state index is 12.6. The SMILES string of the molecule is O=C(c1ccncc1)N1CCC(N2CCC(c3ccncc3)CC2)CC1. The van der Waals surface area contributed by atoms with Gasteiger partial charge in [0.2, 0.25) is 0 Å². The number of hydrogen-bond donors (Lipinski definition) is 0. The van der Waals surface area contributed by atoms with Crippen molar-refractivity contribution in [1.29, 1.82) is 0 Å². The van der Waals surface area contributed by atoms with Gasteiger partial charge in [-0.3, -0.25) is 14.8 Å². The number of likely N-dealkylation sites (tertiary alicyclic amines) is 2. The van der Waals surface area contributed by atoms with Crippen molar-refractivity contribution in [3.05, 3.63) is 60.2 Å². The molecule has 0 spiro atoms. The Morgan fingerprint density at radius 1 is 0.808 bits per heavy atom. The molecule has 136 valence electrons. The Kier molecular flexibility index (Phi) is 5.25. The fraction of sp³-hybridized carbons (Fsp3) is 0.476. The zero-order chi connectivity index (χ0) is 17.8. The summed E-state index contributed by atoms with van der Waals surface area (Å²) in [6.07, 6.45) is 11.8. The maximum Gasteiger partial charge on any atom is 0.253 e. The molecule has 2 fully saturated rings. The zero-order valence-electron chi connectivity index (χ0n) is 15.1. The lowest BCUT2D eigenvalue weighted by Crippen LogP contribution is -2.48. The molecule has 0 atom stereocenters. The van der Waals surface area contributed by atoms with Crippen LogP contribution >= 0.6 is 0 Å². The summed E-state index contributed by atoms with van der Waals surface area (Å²) in [5.41, 5.74) is 2.18. The first-order valence-corrected chi connectivity index (χ1v) is 9.64. The number of piperidine rings is 2. The normalized spacial score (nSPS) is 20.2. The van der Waals surface area contributed by atoms with Gasteiger partial charge in [0.05, 0.1) is 0 Å². The van der Waals surface area contributed by atoms with Crippen LogP contribution in [0.4, 0.5) is 0 Å². The van der Waals surface area contributed by atoms with Crippen LogP contribution < -0.4 is 0 Å². The van der Waals surface area contributed by atoms with Gasteiger partial charge in [0.1, 0.15) is 0 Å². The van der Waals surface area contributed by atoms with Gasteiger partial charge in [0, 0.05) is 49.5 Å². The van der Waals surface area contributed by atoms with Gasteiger partial charge in [0.15, 0.2) is 0 Å².